The van der Waals surface area contributed by atoms with Crippen LogP contribution < -0.4 is 26.1 Å². The molecule has 0 amide bonds. The fraction of sp³-hybridized carbons (Fsp3) is 0.290. The number of guanidine groups is 1. The molecular weight excluding hydrogens is 607 g/mol. The Hall–Kier alpha value is -4.53. The molecule has 3 aromatic carbocycles. The van der Waals surface area contributed by atoms with Gasteiger partial charge in [0.15, 0.2) is 10.9 Å². The monoisotopic (exact) mass is 641 g/mol. The first-order chi connectivity index (χ1) is 21.6. The molecule has 1 fully saturated rings. The predicted molar refractivity (Wildman–Crippen MR) is 173 cm³/mol. The summed E-state index contributed by atoms with van der Waals surface area (Å²) in [6, 6.07) is 20.1. The third kappa shape index (κ3) is 11.2. The van der Waals surface area contributed by atoms with Crippen molar-refractivity contribution in [3.63, 3.8) is 0 Å². The predicted octanol–water partition coefficient (Wildman–Crippen LogP) is 5.83. The van der Waals surface area contributed by atoms with Gasteiger partial charge in [-0.3, -0.25) is 10.8 Å². The standard InChI is InChI=1S/C31H34F3N7O3S/c1-20(2)26-5-3-4-6-27(26)39-30(45)41-37-17-21-7-9-22(10-8-21)28(35)40-29(36-18-25-19-42-15-16-43-25)38-23-11-13-24(14-12-23)44-31(32,33)34/h3-14,17,20,25H,15-16,18-19H2,1-2H3,(H2,39,41,45)(H3,35,36,38,40)/b37-17+. The van der Waals surface area contributed by atoms with E-state index in [1.165, 1.54) is 24.3 Å². The van der Waals surface area contributed by atoms with Gasteiger partial charge >= 0.3 is 6.36 Å². The third-order valence-corrected chi connectivity index (χ3v) is 6.54. The zero-order valence-electron chi connectivity index (χ0n) is 24.6. The number of para-hydroxylation sites is 1. The molecule has 3 aromatic rings. The molecule has 1 unspecified atom stereocenters. The van der Waals surface area contributed by atoms with Crippen LogP contribution in [0.3, 0.4) is 0 Å². The van der Waals surface area contributed by atoms with Crippen LogP contribution in [0, 0.1) is 5.41 Å². The van der Waals surface area contributed by atoms with Gasteiger partial charge in [-0.2, -0.15) is 10.1 Å². The number of amidine groups is 1. The summed E-state index contributed by atoms with van der Waals surface area (Å²) in [5.41, 5.74) is 6.59. The molecule has 0 saturated carbocycles. The number of rotatable bonds is 9. The lowest BCUT2D eigenvalue weighted by Crippen LogP contribution is -2.42. The first-order valence-electron chi connectivity index (χ1n) is 14.1. The zero-order chi connectivity index (χ0) is 32.2. The number of hydrogen-bond acceptors (Lipinski definition) is 6. The summed E-state index contributed by atoms with van der Waals surface area (Å²) in [7, 11) is 0. The van der Waals surface area contributed by atoms with Crippen molar-refractivity contribution < 1.29 is 27.4 Å². The number of anilines is 2. The minimum absolute atomic E-state index is 0.0568. The molecule has 14 heteroatoms. The van der Waals surface area contributed by atoms with Gasteiger partial charge in [0.05, 0.1) is 32.1 Å². The molecule has 0 spiro atoms. The van der Waals surface area contributed by atoms with Gasteiger partial charge in [-0.05, 0) is 59.6 Å². The lowest BCUT2D eigenvalue weighted by molar-refractivity contribution is -0.274. The number of aliphatic imine (C=N–C) groups is 1. The number of halogens is 3. The first kappa shape index (κ1) is 33.4. The zero-order valence-corrected chi connectivity index (χ0v) is 25.5. The number of alkyl halides is 3. The van der Waals surface area contributed by atoms with Gasteiger partial charge in [0, 0.05) is 23.5 Å². The molecule has 4 rings (SSSR count). The summed E-state index contributed by atoms with van der Waals surface area (Å²) in [6.45, 7) is 5.92. The van der Waals surface area contributed by atoms with Crippen molar-refractivity contribution in [1.29, 1.82) is 5.41 Å². The number of nitrogens with zero attached hydrogens (tertiary/aromatic N) is 2. The van der Waals surface area contributed by atoms with E-state index in [1.807, 2.05) is 24.3 Å². The van der Waals surface area contributed by atoms with Crippen LogP contribution in [0.5, 0.6) is 5.75 Å². The SMILES string of the molecule is CC(C)c1ccccc1NC(=S)N/N=C/c1ccc(C(=N)/N=C(/NCC2COCCO2)Nc2ccc(OC(F)(F)F)cc2)cc1. The third-order valence-electron chi connectivity index (χ3n) is 6.35. The Morgan fingerprint density at radius 2 is 1.78 bits per heavy atom. The molecule has 5 N–H and O–H groups in total. The Labute approximate surface area is 264 Å². The van der Waals surface area contributed by atoms with E-state index in [-0.39, 0.29) is 23.6 Å². The number of hydrazone groups is 1. The Kier molecular flexibility index (Phi) is 11.8. The Morgan fingerprint density at radius 3 is 2.44 bits per heavy atom. The van der Waals surface area contributed by atoms with Crippen molar-refractivity contribution >= 4 is 46.7 Å². The van der Waals surface area contributed by atoms with Gasteiger partial charge in [0.2, 0.25) is 5.96 Å². The Bertz CT molecular complexity index is 1490. The van der Waals surface area contributed by atoms with Gasteiger partial charge in [-0.15, -0.1) is 13.2 Å². The van der Waals surface area contributed by atoms with Crippen molar-refractivity contribution in [2.45, 2.75) is 32.2 Å². The molecule has 0 radical (unpaired) electrons. The first-order valence-corrected chi connectivity index (χ1v) is 14.5. The highest BCUT2D eigenvalue weighted by molar-refractivity contribution is 7.80. The van der Waals surface area contributed by atoms with Gasteiger partial charge in [-0.1, -0.05) is 56.3 Å². The van der Waals surface area contributed by atoms with Crippen molar-refractivity contribution in [3.05, 3.63) is 89.5 Å². The molecular formula is C31H34F3N7O3S. The fourth-order valence-electron chi connectivity index (χ4n) is 4.19. The molecule has 1 saturated heterocycles. The lowest BCUT2D eigenvalue weighted by atomic mass is 10.0. The van der Waals surface area contributed by atoms with Crippen LogP contribution in [0.2, 0.25) is 0 Å². The highest BCUT2D eigenvalue weighted by Gasteiger charge is 2.31. The molecule has 45 heavy (non-hydrogen) atoms. The van der Waals surface area contributed by atoms with E-state index >= 15 is 0 Å². The fourth-order valence-corrected chi connectivity index (χ4v) is 4.35. The van der Waals surface area contributed by atoms with Gasteiger partial charge in [-0.25, -0.2) is 0 Å². The molecule has 0 bridgehead atoms. The molecule has 1 atom stereocenters. The highest BCUT2D eigenvalue weighted by atomic mass is 32.1. The van der Waals surface area contributed by atoms with Crippen molar-refractivity contribution in [2.24, 2.45) is 10.1 Å². The van der Waals surface area contributed by atoms with Crippen molar-refractivity contribution in [1.82, 2.24) is 10.7 Å². The maximum atomic E-state index is 12.5. The number of ether oxygens (including phenoxy) is 3. The molecule has 0 aliphatic carbocycles. The molecule has 1 aliphatic rings. The highest BCUT2D eigenvalue weighted by Crippen LogP contribution is 2.25. The quantitative estimate of drug-likeness (QED) is 0.0857. The second-order valence-electron chi connectivity index (χ2n) is 10.1. The largest absolute Gasteiger partial charge is 0.573 e. The van der Waals surface area contributed by atoms with Crippen LogP contribution in [0.1, 0.15) is 36.5 Å². The molecule has 238 valence electrons. The summed E-state index contributed by atoms with van der Waals surface area (Å²) in [5, 5.41) is 22.4. The molecule has 1 aliphatic heterocycles. The average Bonchev–Trinajstić information content (AvgIpc) is 3.01. The molecule has 0 aromatic heterocycles. The number of benzene rings is 3. The summed E-state index contributed by atoms with van der Waals surface area (Å²) in [5.74, 6) is 0.124. The summed E-state index contributed by atoms with van der Waals surface area (Å²) in [4.78, 5) is 4.38. The second kappa shape index (κ2) is 16.0. The van der Waals surface area contributed by atoms with Crippen molar-refractivity contribution in [3.8, 4) is 5.75 Å². The molecule has 1 heterocycles. The van der Waals surface area contributed by atoms with Gasteiger partial charge < -0.3 is 30.2 Å². The normalized spacial score (nSPS) is 15.5. The van der Waals surface area contributed by atoms with Crippen LogP contribution in [0.25, 0.3) is 0 Å². The van der Waals surface area contributed by atoms with E-state index in [0.717, 1.165) is 16.8 Å². The minimum atomic E-state index is -4.79. The number of hydrogen-bond donors (Lipinski definition) is 5. The Morgan fingerprint density at radius 1 is 1.04 bits per heavy atom. The average molecular weight is 642 g/mol. The Balaban J connectivity index is 1.38. The van der Waals surface area contributed by atoms with Crippen LogP contribution >= 0.6 is 12.2 Å². The topological polar surface area (TPSA) is 124 Å². The smallest absolute Gasteiger partial charge is 0.406 e. The lowest BCUT2D eigenvalue weighted by Gasteiger charge is -2.24. The van der Waals surface area contributed by atoms with E-state index in [1.54, 1.807) is 30.5 Å². The van der Waals surface area contributed by atoms with E-state index in [0.29, 0.717) is 48.6 Å². The molecule has 10 nitrogen and oxygen atoms in total. The van der Waals surface area contributed by atoms with Gasteiger partial charge in [0.1, 0.15) is 5.75 Å². The maximum absolute atomic E-state index is 12.5. The van der Waals surface area contributed by atoms with Crippen LogP contribution in [0.15, 0.2) is 82.9 Å². The van der Waals surface area contributed by atoms with Gasteiger partial charge in [0.25, 0.3) is 0 Å². The summed E-state index contributed by atoms with van der Waals surface area (Å²) < 4.78 is 52.6. The van der Waals surface area contributed by atoms with E-state index in [2.05, 4.69) is 50.1 Å². The van der Waals surface area contributed by atoms with Crippen LogP contribution in [0.4, 0.5) is 24.5 Å². The summed E-state index contributed by atoms with van der Waals surface area (Å²) in [6.07, 6.45) is -3.42. The maximum Gasteiger partial charge on any atom is 0.573 e. The second-order valence-corrected chi connectivity index (χ2v) is 10.6. The number of nitrogens with one attached hydrogen (secondary N) is 5. The van der Waals surface area contributed by atoms with E-state index < -0.39 is 6.36 Å². The van der Waals surface area contributed by atoms with E-state index in [9.17, 15) is 13.2 Å². The van der Waals surface area contributed by atoms with Crippen molar-refractivity contribution in [2.75, 3.05) is 37.0 Å². The number of thiocarbonyl (C=S) groups is 1. The van der Waals surface area contributed by atoms with E-state index in [4.69, 9.17) is 27.1 Å². The van der Waals surface area contributed by atoms with Crippen LogP contribution in [-0.2, 0) is 9.47 Å². The minimum Gasteiger partial charge on any atom is -0.406 e. The van der Waals surface area contributed by atoms with Crippen LogP contribution in [-0.4, -0.2) is 62.0 Å². The summed E-state index contributed by atoms with van der Waals surface area (Å²) >= 11 is 5.37.